The number of nitrogens with zero attached hydrogens (tertiary/aromatic N) is 1. The molecule has 46 heavy (non-hydrogen) atoms. The van der Waals surface area contributed by atoms with Gasteiger partial charge in [0.2, 0.25) is 0 Å². The van der Waals surface area contributed by atoms with Crippen LogP contribution in [0.5, 0.6) is 0 Å². The smallest absolute Gasteiger partial charge is 0.0691 e. The van der Waals surface area contributed by atoms with Crippen molar-refractivity contribution in [3.05, 3.63) is 121 Å². The summed E-state index contributed by atoms with van der Waals surface area (Å²) in [6.07, 6.45) is 7.58. The van der Waals surface area contributed by atoms with Crippen LogP contribution in [0.2, 0.25) is 0 Å². The summed E-state index contributed by atoms with van der Waals surface area (Å²) in [5, 5.41) is 7.06. The Balaban J connectivity index is 0. The highest BCUT2D eigenvalue weighted by molar-refractivity contribution is 5.21. The summed E-state index contributed by atoms with van der Waals surface area (Å²) in [7, 11) is 0. The maximum Gasteiger partial charge on any atom is 0.0691 e. The van der Waals surface area contributed by atoms with Crippen LogP contribution in [0.1, 0.15) is 77.8 Å². The molecule has 0 aliphatic rings. The average Bonchev–Trinajstić information content (AvgIpc) is 3.03. The Bertz CT molecular complexity index is 1020. The Morgan fingerprint density at radius 3 is 1.85 bits per heavy atom. The number of hydrogen-bond acceptors (Lipinski definition) is 6. The second kappa shape index (κ2) is 30.2. The summed E-state index contributed by atoms with van der Waals surface area (Å²) in [5.41, 5.74) is 21.8. The van der Waals surface area contributed by atoms with Crippen LogP contribution < -0.4 is 27.8 Å². The van der Waals surface area contributed by atoms with E-state index in [1.165, 1.54) is 35.9 Å². The van der Waals surface area contributed by atoms with Gasteiger partial charge in [0.1, 0.15) is 0 Å². The highest BCUT2D eigenvalue weighted by Gasteiger charge is 2.20. The monoisotopic (exact) mass is 635 g/mol. The van der Waals surface area contributed by atoms with Crippen LogP contribution in [0.15, 0.2) is 110 Å². The van der Waals surface area contributed by atoms with Crippen molar-refractivity contribution in [3.8, 4) is 0 Å². The lowest BCUT2D eigenvalue weighted by atomic mass is 9.97. The molecule has 2 atom stereocenters. The third kappa shape index (κ3) is 24.8. The number of rotatable bonds is 19. The molecule has 0 spiro atoms. The number of hydrogen-bond donors (Lipinski definition) is 5. The van der Waals surface area contributed by atoms with Gasteiger partial charge in [0, 0.05) is 49.2 Å². The molecule has 0 aliphatic carbocycles. The van der Waals surface area contributed by atoms with Crippen molar-refractivity contribution in [2.75, 3.05) is 32.7 Å². The normalized spacial score (nSPS) is 11.2. The van der Waals surface area contributed by atoms with Gasteiger partial charge in [0.05, 0.1) is 6.04 Å². The van der Waals surface area contributed by atoms with Crippen LogP contribution in [0.25, 0.3) is 0 Å². The van der Waals surface area contributed by atoms with E-state index >= 15 is 0 Å². The Morgan fingerprint density at radius 1 is 0.870 bits per heavy atom. The van der Waals surface area contributed by atoms with Gasteiger partial charge < -0.3 is 32.7 Å². The van der Waals surface area contributed by atoms with Crippen LogP contribution in [0, 0.1) is 18.8 Å². The SMILES string of the molecule is C=C(CN)NC(Cc1ccccc1)C(=C)NCC(CCCN)C(=C)N(CCC)CCCC.C=CN.CC(C)C.Cc1ccccc1. The van der Waals surface area contributed by atoms with Crippen molar-refractivity contribution in [2.45, 2.75) is 86.1 Å². The molecule has 0 saturated carbocycles. The molecular formula is C40H70N6. The molecule has 2 aromatic carbocycles. The quantitative estimate of drug-likeness (QED) is 0.108. The lowest BCUT2D eigenvalue weighted by Crippen LogP contribution is -2.41. The topological polar surface area (TPSA) is 105 Å². The molecule has 0 saturated heterocycles. The molecule has 2 unspecified atom stereocenters. The van der Waals surface area contributed by atoms with E-state index in [0.717, 1.165) is 62.6 Å². The highest BCUT2D eigenvalue weighted by atomic mass is 15.1. The molecular weight excluding hydrogens is 564 g/mol. The van der Waals surface area contributed by atoms with E-state index in [0.29, 0.717) is 19.0 Å². The maximum atomic E-state index is 5.84. The lowest BCUT2D eigenvalue weighted by Gasteiger charge is -2.33. The standard InChI is InChI=1S/C27H47N5.C7H8.C4H10.C2H5N/c1-6-8-18-32(17-7-2)24(5)26(15-12-16-28)21-30-23(4)27(31-22(3)20-29)19-25-13-10-9-11-14-25;1-7-5-3-2-4-6-7;1-4(2)3;1-2-3/h9-11,13-14,26-27,30-31H,3-8,12,15-21,28-29H2,1-2H3;2-6H,1H3;4H,1-3H3;2H,1,3H2. The van der Waals surface area contributed by atoms with E-state index in [9.17, 15) is 0 Å². The minimum atomic E-state index is 0.0173. The lowest BCUT2D eigenvalue weighted by molar-refractivity contribution is 0.287. The Kier molecular flexibility index (Phi) is 29.3. The van der Waals surface area contributed by atoms with Gasteiger partial charge in [-0.3, -0.25) is 0 Å². The molecule has 0 amide bonds. The molecule has 0 radical (unpaired) electrons. The first-order valence-corrected chi connectivity index (χ1v) is 17.1. The fraction of sp³-hybridized carbons (Fsp3) is 0.500. The molecule has 8 N–H and O–H groups in total. The second-order valence-electron chi connectivity index (χ2n) is 12.2. The molecule has 0 aliphatic heterocycles. The molecule has 2 rings (SSSR count). The van der Waals surface area contributed by atoms with Gasteiger partial charge in [-0.25, -0.2) is 0 Å². The molecule has 0 aromatic heterocycles. The van der Waals surface area contributed by atoms with Crippen molar-refractivity contribution in [2.24, 2.45) is 29.0 Å². The van der Waals surface area contributed by atoms with Crippen molar-refractivity contribution >= 4 is 0 Å². The van der Waals surface area contributed by atoms with Crippen molar-refractivity contribution < 1.29 is 0 Å². The second-order valence-corrected chi connectivity index (χ2v) is 12.2. The fourth-order valence-corrected chi connectivity index (χ4v) is 4.36. The van der Waals surface area contributed by atoms with Crippen LogP contribution >= 0.6 is 0 Å². The first-order chi connectivity index (χ1) is 22.0. The van der Waals surface area contributed by atoms with Crippen molar-refractivity contribution in [1.29, 1.82) is 0 Å². The van der Waals surface area contributed by atoms with E-state index < -0.39 is 0 Å². The molecule has 2 aromatic rings. The first kappa shape index (κ1) is 44.6. The Labute approximate surface area is 284 Å². The third-order valence-corrected chi connectivity index (χ3v) is 6.75. The molecule has 6 heteroatoms. The van der Waals surface area contributed by atoms with Gasteiger partial charge in [0.15, 0.2) is 0 Å². The van der Waals surface area contributed by atoms with Crippen molar-refractivity contribution in [3.63, 3.8) is 0 Å². The van der Waals surface area contributed by atoms with Gasteiger partial charge in [0.25, 0.3) is 0 Å². The molecule has 0 fully saturated rings. The summed E-state index contributed by atoms with van der Waals surface area (Å²) in [5.74, 6) is 1.16. The summed E-state index contributed by atoms with van der Waals surface area (Å²) in [6.45, 7) is 33.1. The predicted molar refractivity (Wildman–Crippen MR) is 206 cm³/mol. The zero-order valence-electron chi connectivity index (χ0n) is 30.4. The minimum absolute atomic E-state index is 0.0173. The van der Waals surface area contributed by atoms with Crippen LogP contribution in [-0.2, 0) is 6.42 Å². The molecule has 0 bridgehead atoms. The van der Waals surface area contributed by atoms with E-state index in [1.54, 1.807) is 0 Å². The largest absolute Gasteiger partial charge is 0.405 e. The Morgan fingerprint density at radius 2 is 1.41 bits per heavy atom. The molecule has 0 heterocycles. The number of benzene rings is 2. The number of unbranched alkanes of at least 4 members (excludes halogenated alkanes) is 1. The van der Waals surface area contributed by atoms with Crippen LogP contribution in [0.4, 0.5) is 0 Å². The first-order valence-electron chi connectivity index (χ1n) is 17.1. The van der Waals surface area contributed by atoms with E-state index in [4.69, 9.17) is 11.5 Å². The van der Waals surface area contributed by atoms with Gasteiger partial charge in [-0.2, -0.15) is 0 Å². The van der Waals surface area contributed by atoms with E-state index in [-0.39, 0.29) is 6.04 Å². The maximum absolute atomic E-state index is 5.84. The predicted octanol–water partition coefficient (Wildman–Crippen LogP) is 7.89. The van der Waals surface area contributed by atoms with E-state index in [2.05, 4.69) is 126 Å². The van der Waals surface area contributed by atoms with E-state index in [1.807, 2.05) is 24.3 Å². The summed E-state index contributed by atoms with van der Waals surface area (Å²) in [6, 6.07) is 20.7. The van der Waals surface area contributed by atoms with Gasteiger partial charge in [-0.05, 0) is 63.3 Å². The minimum Gasteiger partial charge on any atom is -0.405 e. The molecule has 260 valence electrons. The molecule has 6 nitrogen and oxygen atoms in total. The summed E-state index contributed by atoms with van der Waals surface area (Å²) in [4.78, 5) is 2.46. The average molecular weight is 635 g/mol. The van der Waals surface area contributed by atoms with Gasteiger partial charge in [-0.15, -0.1) is 0 Å². The van der Waals surface area contributed by atoms with Crippen LogP contribution in [-0.4, -0.2) is 43.7 Å². The zero-order valence-corrected chi connectivity index (χ0v) is 30.4. The number of aryl methyl sites for hydroxylation is 1. The van der Waals surface area contributed by atoms with Gasteiger partial charge in [-0.1, -0.05) is 134 Å². The zero-order chi connectivity index (χ0) is 35.2. The number of nitrogens with two attached hydrogens (primary N) is 3. The van der Waals surface area contributed by atoms with Gasteiger partial charge >= 0.3 is 0 Å². The third-order valence-electron chi connectivity index (χ3n) is 6.75. The summed E-state index contributed by atoms with van der Waals surface area (Å²) >= 11 is 0. The highest BCUT2D eigenvalue weighted by Crippen LogP contribution is 2.21. The van der Waals surface area contributed by atoms with Crippen LogP contribution in [0.3, 0.4) is 0 Å². The number of nitrogens with one attached hydrogen (secondary N) is 2. The summed E-state index contributed by atoms with van der Waals surface area (Å²) < 4.78 is 0. The Hall–Kier alpha value is -3.48. The fourth-order valence-electron chi connectivity index (χ4n) is 4.36. The van der Waals surface area contributed by atoms with Crippen molar-refractivity contribution in [1.82, 2.24) is 15.5 Å².